The summed E-state index contributed by atoms with van der Waals surface area (Å²) in [5, 5.41) is 7.20. The molecule has 3 nitrogen and oxygen atoms in total. The Balaban J connectivity index is 1.09. The van der Waals surface area contributed by atoms with Gasteiger partial charge in [-0.1, -0.05) is 0 Å². The predicted octanol–water partition coefficient (Wildman–Crippen LogP) is 10.5. The van der Waals surface area contributed by atoms with Crippen molar-refractivity contribution < 1.29 is 11.6 Å². The number of ether oxygens (including phenoxy) is 1. The molecule has 0 atom stereocenters. The summed E-state index contributed by atoms with van der Waals surface area (Å²) in [6, 6.07) is 54.5. The first kappa shape index (κ1) is 28.6. The van der Waals surface area contributed by atoms with Gasteiger partial charge in [-0.2, -0.15) is 0 Å². The van der Waals surface area contributed by atoms with E-state index < -0.39 is 6.04 Å². The quantitative estimate of drug-likeness (QED) is 0.162. The third kappa shape index (κ3) is 4.50. The molecule has 3 aromatic heterocycles. The van der Waals surface area contributed by atoms with Crippen LogP contribution in [0.15, 0.2) is 188 Å². The van der Waals surface area contributed by atoms with E-state index in [-0.39, 0.29) is 51.4 Å². The van der Waals surface area contributed by atoms with E-state index in [4.69, 9.17) is 11.6 Å². The standard InChI is InChI=1S/C54H31BN2OSSe/c1-2-14-32(15-3-1)33-28-47-52-49(29-33)60-50-31-45(57-43-23-11-6-18-37(43)38-19-7-12-24-44(38)57)51-39-20-8-13-25-48(39)59-54(51)53(50)55(52)40-27-26-34(30-46(40)58-47)56-41-21-9-4-16-35(41)36-17-5-10-22-42(36)56/h1-31H/i1D,2D,3D,14D,15D. The van der Waals surface area contributed by atoms with Crippen LogP contribution in [-0.4, -0.2) is 30.8 Å². The van der Waals surface area contributed by atoms with Crippen molar-refractivity contribution in [2.75, 3.05) is 0 Å². The number of fused-ring (bicyclic) bond motifs is 14. The van der Waals surface area contributed by atoms with Gasteiger partial charge >= 0.3 is 365 Å². The number of hydrogen-bond donors (Lipinski definition) is 0. The van der Waals surface area contributed by atoms with Crippen LogP contribution in [0.1, 0.15) is 6.85 Å². The van der Waals surface area contributed by atoms with Crippen LogP contribution in [0.2, 0.25) is 0 Å². The average molecular weight is 851 g/mol. The van der Waals surface area contributed by atoms with Gasteiger partial charge in [-0.05, 0) is 0 Å². The minimum absolute atomic E-state index is 0.174. The minimum atomic E-state index is -0.408. The van der Waals surface area contributed by atoms with Crippen molar-refractivity contribution in [3.63, 3.8) is 0 Å². The van der Waals surface area contributed by atoms with Gasteiger partial charge in [-0.25, -0.2) is 0 Å². The number of nitrogens with zero attached hydrogens (tertiary/aromatic N) is 2. The second kappa shape index (κ2) is 12.4. The van der Waals surface area contributed by atoms with Crippen LogP contribution in [0.25, 0.3) is 86.3 Å². The Hall–Kier alpha value is -6.82. The van der Waals surface area contributed by atoms with Crippen LogP contribution in [0.4, 0.5) is 0 Å². The Labute approximate surface area is 363 Å². The van der Waals surface area contributed by atoms with E-state index in [9.17, 15) is 0 Å². The molecule has 278 valence electrons. The zero-order chi connectivity index (χ0) is 43.4. The third-order valence-corrected chi connectivity index (χ3v) is 16.1. The third-order valence-electron chi connectivity index (χ3n) is 12.5. The van der Waals surface area contributed by atoms with Crippen molar-refractivity contribution in [3.8, 4) is 34.0 Å². The molecule has 2 aliphatic rings. The monoisotopic (exact) mass is 851 g/mol. The molecule has 0 saturated carbocycles. The zero-order valence-electron chi connectivity index (χ0n) is 36.7. The first-order valence-electron chi connectivity index (χ1n) is 22.5. The molecular formula is C54H31BN2OSSe. The number of para-hydroxylation sites is 4. The maximum atomic E-state index is 9.04. The van der Waals surface area contributed by atoms with Crippen LogP contribution in [0.5, 0.6) is 11.5 Å². The molecular weight excluding hydrogens is 814 g/mol. The molecule has 5 heterocycles. The van der Waals surface area contributed by atoms with Gasteiger partial charge in [0.2, 0.25) is 0 Å². The summed E-state index contributed by atoms with van der Waals surface area (Å²) in [7, 11) is 0. The number of hydrogen-bond acceptors (Lipinski definition) is 2. The Morgan fingerprint density at radius 1 is 0.517 bits per heavy atom. The molecule has 12 aromatic rings. The second-order valence-electron chi connectivity index (χ2n) is 15.6. The van der Waals surface area contributed by atoms with Crippen molar-refractivity contribution in [2.24, 2.45) is 0 Å². The SMILES string of the molecule is [2H]c1c([2H])c([2H])c(-c2cc3c4c(c2)[Se]c2cc(-n5c6ccccc6c6ccccc65)c5c(sc6ccccc65)c2B4c2ccc(-n4c5ccccc5c5ccccc54)cc2O3)c([2H])c1[2H]. The van der Waals surface area contributed by atoms with Gasteiger partial charge in [0.15, 0.2) is 0 Å². The number of aromatic nitrogens is 2. The van der Waals surface area contributed by atoms with Gasteiger partial charge < -0.3 is 0 Å². The Kier molecular flexibility index (Phi) is 5.89. The molecule has 0 aliphatic carbocycles. The van der Waals surface area contributed by atoms with Crippen molar-refractivity contribution in [2.45, 2.75) is 0 Å². The Bertz CT molecular complexity index is 3970. The van der Waals surface area contributed by atoms with Gasteiger partial charge in [0, 0.05) is 0 Å². The van der Waals surface area contributed by atoms with Gasteiger partial charge in [0.1, 0.15) is 0 Å². The van der Waals surface area contributed by atoms with E-state index in [2.05, 4.69) is 161 Å². The number of rotatable bonds is 3. The number of benzene rings is 9. The van der Waals surface area contributed by atoms with Gasteiger partial charge in [-0.3, -0.25) is 0 Å². The fourth-order valence-corrected chi connectivity index (χ4v) is 14.1. The molecule has 0 bridgehead atoms. The Morgan fingerprint density at radius 2 is 1.10 bits per heavy atom. The summed E-state index contributed by atoms with van der Waals surface area (Å²) in [6.45, 7) is -0.196. The molecule has 14 rings (SSSR count). The van der Waals surface area contributed by atoms with Crippen LogP contribution >= 0.6 is 11.3 Å². The average Bonchev–Trinajstić information content (AvgIpc) is 4.00. The van der Waals surface area contributed by atoms with Crippen LogP contribution in [0, 0.1) is 0 Å². The Morgan fingerprint density at radius 3 is 1.77 bits per heavy atom. The summed E-state index contributed by atoms with van der Waals surface area (Å²) in [6.07, 6.45) is 0. The topological polar surface area (TPSA) is 19.1 Å². The van der Waals surface area contributed by atoms with Gasteiger partial charge in [0.25, 0.3) is 0 Å². The molecule has 0 fully saturated rings. The molecule has 0 radical (unpaired) electrons. The predicted molar refractivity (Wildman–Crippen MR) is 256 cm³/mol. The molecule has 0 saturated heterocycles. The second-order valence-corrected chi connectivity index (χ2v) is 18.9. The molecule has 0 spiro atoms. The maximum absolute atomic E-state index is 9.04. The molecule has 0 amide bonds. The van der Waals surface area contributed by atoms with E-state index in [1.54, 1.807) is 0 Å². The van der Waals surface area contributed by atoms with Gasteiger partial charge in [0.05, 0.1) is 0 Å². The normalized spacial score (nSPS) is 14.2. The molecule has 0 unspecified atom stereocenters. The number of thiophene rings is 1. The van der Waals surface area contributed by atoms with Crippen LogP contribution < -0.4 is 30.0 Å². The molecule has 6 heteroatoms. The zero-order valence-corrected chi connectivity index (χ0v) is 34.2. The van der Waals surface area contributed by atoms with Crippen molar-refractivity contribution >= 4 is 122 Å². The fourth-order valence-electron chi connectivity index (χ4n) is 10.1. The molecule has 0 N–H and O–H groups in total. The van der Waals surface area contributed by atoms with E-state index in [1.165, 1.54) is 51.6 Å². The van der Waals surface area contributed by atoms with Crippen molar-refractivity contribution in [1.82, 2.24) is 9.13 Å². The molecule has 60 heavy (non-hydrogen) atoms. The summed E-state index contributed by atoms with van der Waals surface area (Å²) in [4.78, 5) is 0. The first-order chi connectivity index (χ1) is 31.8. The fraction of sp³-hybridized carbons (Fsp3) is 0. The van der Waals surface area contributed by atoms with E-state index in [0.29, 0.717) is 11.3 Å². The first-order valence-corrected chi connectivity index (χ1v) is 22.6. The molecule has 2 aliphatic heterocycles. The van der Waals surface area contributed by atoms with Crippen LogP contribution in [0.3, 0.4) is 0 Å². The van der Waals surface area contributed by atoms with E-state index in [0.717, 1.165) is 54.6 Å². The summed E-state index contributed by atoms with van der Waals surface area (Å²) >= 11 is 1.59. The van der Waals surface area contributed by atoms with Crippen LogP contribution in [-0.2, 0) is 0 Å². The summed E-state index contributed by atoms with van der Waals surface area (Å²) < 4.78 is 60.3. The summed E-state index contributed by atoms with van der Waals surface area (Å²) in [5.41, 5.74) is 10.8. The molecule has 9 aromatic carbocycles. The van der Waals surface area contributed by atoms with E-state index in [1.807, 2.05) is 17.4 Å². The van der Waals surface area contributed by atoms with Gasteiger partial charge in [-0.15, -0.1) is 0 Å². The summed E-state index contributed by atoms with van der Waals surface area (Å²) in [5.74, 6) is 1.38. The van der Waals surface area contributed by atoms with E-state index >= 15 is 0 Å². The van der Waals surface area contributed by atoms with Crippen molar-refractivity contribution in [1.29, 1.82) is 0 Å². The van der Waals surface area contributed by atoms with Crippen molar-refractivity contribution in [3.05, 3.63) is 188 Å².